The van der Waals surface area contributed by atoms with Crippen LogP contribution in [0.2, 0.25) is 0 Å². The maximum absolute atomic E-state index is 12.0. The van der Waals surface area contributed by atoms with Crippen molar-refractivity contribution < 1.29 is 17.9 Å². The molecule has 3 N–H and O–H groups in total. The smallest absolute Gasteiger partial charge is 0.245 e. The number of ether oxygens (including phenoxy) is 2. The summed E-state index contributed by atoms with van der Waals surface area (Å²) in [6.45, 7) is 0.391. The zero-order chi connectivity index (χ0) is 13.8. The number of methoxy groups -OCH3 is 2. The predicted octanol–water partition coefficient (Wildman–Crippen LogP) is -1.06. The van der Waals surface area contributed by atoms with Gasteiger partial charge in [-0.15, -0.1) is 0 Å². The van der Waals surface area contributed by atoms with Crippen LogP contribution in [-0.4, -0.2) is 51.7 Å². The zero-order valence-corrected chi connectivity index (χ0v) is 11.4. The predicted molar refractivity (Wildman–Crippen MR) is 65.5 cm³/mol. The van der Waals surface area contributed by atoms with Crippen LogP contribution in [0, 0.1) is 0 Å². The van der Waals surface area contributed by atoms with Gasteiger partial charge in [0.25, 0.3) is 0 Å². The SMILES string of the molecule is COCC(CNS(=O)(=O)c1cn(C)nc1N)OC. The number of nitrogens with zero attached hydrogens (tertiary/aromatic N) is 2. The minimum Gasteiger partial charge on any atom is -0.382 e. The number of hydrogen-bond donors (Lipinski definition) is 2. The molecular weight excluding hydrogens is 260 g/mol. The largest absolute Gasteiger partial charge is 0.382 e. The number of nitrogens with two attached hydrogens (primary N) is 1. The first kappa shape index (κ1) is 14.9. The highest BCUT2D eigenvalue weighted by atomic mass is 32.2. The van der Waals surface area contributed by atoms with Gasteiger partial charge in [-0.2, -0.15) is 5.10 Å². The van der Waals surface area contributed by atoms with Gasteiger partial charge < -0.3 is 15.2 Å². The number of aryl methyl sites for hydroxylation is 1. The molecule has 1 aromatic heterocycles. The van der Waals surface area contributed by atoms with Crippen molar-refractivity contribution in [2.45, 2.75) is 11.0 Å². The van der Waals surface area contributed by atoms with Crippen molar-refractivity contribution in [3.8, 4) is 0 Å². The molecule has 1 heterocycles. The molecule has 1 rings (SSSR count). The Bertz CT molecular complexity index is 485. The fourth-order valence-corrected chi connectivity index (χ4v) is 2.54. The van der Waals surface area contributed by atoms with E-state index in [4.69, 9.17) is 15.2 Å². The molecule has 0 spiro atoms. The van der Waals surface area contributed by atoms with Crippen LogP contribution < -0.4 is 10.5 Å². The lowest BCUT2D eigenvalue weighted by molar-refractivity contribution is 0.0320. The van der Waals surface area contributed by atoms with Crippen LogP contribution in [0.4, 0.5) is 5.82 Å². The molecule has 0 aliphatic rings. The minimum atomic E-state index is -3.69. The van der Waals surface area contributed by atoms with Crippen molar-refractivity contribution in [2.75, 3.05) is 33.1 Å². The van der Waals surface area contributed by atoms with E-state index in [9.17, 15) is 8.42 Å². The number of rotatable bonds is 7. The van der Waals surface area contributed by atoms with E-state index >= 15 is 0 Å². The van der Waals surface area contributed by atoms with E-state index < -0.39 is 10.0 Å². The molecule has 0 fully saturated rings. The Morgan fingerprint density at radius 1 is 1.56 bits per heavy atom. The maximum Gasteiger partial charge on any atom is 0.245 e. The first-order valence-corrected chi connectivity index (χ1v) is 6.69. The van der Waals surface area contributed by atoms with Crippen molar-refractivity contribution in [3.05, 3.63) is 6.20 Å². The van der Waals surface area contributed by atoms with Gasteiger partial charge in [-0.1, -0.05) is 0 Å². The Labute approximate surface area is 106 Å². The lowest BCUT2D eigenvalue weighted by atomic mass is 10.4. The van der Waals surface area contributed by atoms with Crippen LogP contribution in [0.1, 0.15) is 0 Å². The average Bonchev–Trinajstić information content (AvgIpc) is 2.64. The zero-order valence-electron chi connectivity index (χ0n) is 10.6. The van der Waals surface area contributed by atoms with E-state index in [0.717, 1.165) is 0 Å². The molecule has 0 aliphatic carbocycles. The lowest BCUT2D eigenvalue weighted by Gasteiger charge is -2.14. The molecule has 0 bridgehead atoms. The number of anilines is 1. The first-order valence-electron chi connectivity index (χ1n) is 5.21. The number of sulfonamides is 1. The van der Waals surface area contributed by atoms with Crippen LogP contribution in [0.3, 0.4) is 0 Å². The van der Waals surface area contributed by atoms with Gasteiger partial charge in [-0.05, 0) is 0 Å². The fraction of sp³-hybridized carbons (Fsp3) is 0.667. The highest BCUT2D eigenvalue weighted by Crippen LogP contribution is 2.14. The Hall–Kier alpha value is -1.16. The monoisotopic (exact) mass is 278 g/mol. The molecule has 0 saturated heterocycles. The van der Waals surface area contributed by atoms with Crippen LogP contribution >= 0.6 is 0 Å². The van der Waals surface area contributed by atoms with Gasteiger partial charge in [0.2, 0.25) is 10.0 Å². The minimum absolute atomic E-state index is 0.0364. The summed E-state index contributed by atoms with van der Waals surface area (Å²) in [6.07, 6.45) is 0.984. The Kier molecular flexibility index (Phi) is 5.08. The molecule has 18 heavy (non-hydrogen) atoms. The molecule has 1 atom stereocenters. The summed E-state index contributed by atoms with van der Waals surface area (Å²) in [4.78, 5) is -0.0442. The molecule has 0 amide bonds. The van der Waals surface area contributed by atoms with E-state index in [-0.39, 0.29) is 23.4 Å². The number of nitrogens with one attached hydrogen (secondary N) is 1. The fourth-order valence-electron chi connectivity index (χ4n) is 1.37. The quantitative estimate of drug-likeness (QED) is 0.658. The average molecular weight is 278 g/mol. The third-order valence-electron chi connectivity index (χ3n) is 2.30. The van der Waals surface area contributed by atoms with Gasteiger partial charge in [0, 0.05) is 34.0 Å². The van der Waals surface area contributed by atoms with Gasteiger partial charge in [0.15, 0.2) is 5.82 Å². The van der Waals surface area contributed by atoms with Crippen molar-refractivity contribution in [1.82, 2.24) is 14.5 Å². The van der Waals surface area contributed by atoms with Crippen LogP contribution in [-0.2, 0) is 26.5 Å². The highest BCUT2D eigenvalue weighted by Gasteiger charge is 2.21. The molecule has 8 nitrogen and oxygen atoms in total. The van der Waals surface area contributed by atoms with Crippen LogP contribution in [0.5, 0.6) is 0 Å². The van der Waals surface area contributed by atoms with Gasteiger partial charge in [-0.25, -0.2) is 13.1 Å². The lowest BCUT2D eigenvalue weighted by Crippen LogP contribution is -2.35. The van der Waals surface area contributed by atoms with Gasteiger partial charge in [0.05, 0.1) is 12.7 Å². The van der Waals surface area contributed by atoms with Crippen LogP contribution in [0.25, 0.3) is 0 Å². The van der Waals surface area contributed by atoms with E-state index in [2.05, 4.69) is 9.82 Å². The normalized spacial score (nSPS) is 13.7. The van der Waals surface area contributed by atoms with Crippen LogP contribution in [0.15, 0.2) is 11.1 Å². The Balaban J connectivity index is 2.74. The third kappa shape index (κ3) is 3.67. The van der Waals surface area contributed by atoms with E-state index in [1.165, 1.54) is 25.1 Å². The summed E-state index contributed by atoms with van der Waals surface area (Å²) in [7, 11) is 0.904. The Morgan fingerprint density at radius 3 is 2.67 bits per heavy atom. The number of aromatic nitrogens is 2. The molecule has 0 aliphatic heterocycles. The molecule has 0 saturated carbocycles. The summed E-state index contributed by atoms with van der Waals surface area (Å²) in [5.41, 5.74) is 5.52. The molecule has 0 aromatic carbocycles. The second kappa shape index (κ2) is 6.14. The molecule has 1 unspecified atom stereocenters. The maximum atomic E-state index is 12.0. The van der Waals surface area contributed by atoms with Crippen molar-refractivity contribution in [1.29, 1.82) is 0 Å². The first-order chi connectivity index (χ1) is 8.40. The number of nitrogen functional groups attached to an aromatic ring is 1. The summed E-state index contributed by atoms with van der Waals surface area (Å²) in [5.74, 6) is -0.0364. The topological polar surface area (TPSA) is 108 Å². The van der Waals surface area contributed by atoms with E-state index in [1.54, 1.807) is 7.05 Å². The highest BCUT2D eigenvalue weighted by molar-refractivity contribution is 7.89. The second-order valence-electron chi connectivity index (χ2n) is 3.72. The summed E-state index contributed by atoms with van der Waals surface area (Å²) >= 11 is 0. The summed E-state index contributed by atoms with van der Waals surface area (Å²) in [5, 5.41) is 3.78. The Morgan fingerprint density at radius 2 is 2.22 bits per heavy atom. The molecule has 1 aromatic rings. The molecule has 0 radical (unpaired) electrons. The molecule has 9 heteroatoms. The van der Waals surface area contributed by atoms with Crippen molar-refractivity contribution in [3.63, 3.8) is 0 Å². The number of hydrogen-bond acceptors (Lipinski definition) is 6. The summed E-state index contributed by atoms with van der Waals surface area (Å²) < 4.78 is 37.6. The van der Waals surface area contributed by atoms with Gasteiger partial charge in [-0.3, -0.25) is 4.68 Å². The summed E-state index contributed by atoms with van der Waals surface area (Å²) in [6, 6.07) is 0. The standard InChI is InChI=1S/C9H18N4O4S/c1-13-5-8(9(10)12-13)18(14,15)11-4-7(17-3)6-16-2/h5,7,11H,4,6H2,1-3H3,(H2,10,12). The van der Waals surface area contributed by atoms with Gasteiger partial charge >= 0.3 is 0 Å². The second-order valence-corrected chi connectivity index (χ2v) is 5.45. The van der Waals surface area contributed by atoms with Crippen molar-refractivity contribution in [2.24, 2.45) is 7.05 Å². The van der Waals surface area contributed by atoms with E-state index in [0.29, 0.717) is 6.61 Å². The molecular formula is C9H18N4O4S. The third-order valence-corrected chi connectivity index (χ3v) is 3.74. The van der Waals surface area contributed by atoms with Gasteiger partial charge in [0.1, 0.15) is 4.90 Å². The van der Waals surface area contributed by atoms with E-state index in [1.807, 2.05) is 0 Å². The van der Waals surface area contributed by atoms with Crippen molar-refractivity contribution >= 4 is 15.8 Å². The molecule has 104 valence electrons.